The first-order valence-electron chi connectivity index (χ1n) is 12.5. The Kier molecular flexibility index (Phi) is 18.3. The zero-order valence-corrected chi connectivity index (χ0v) is 22.2. The predicted molar refractivity (Wildman–Crippen MR) is 131 cm³/mol. The fourth-order valence-electron chi connectivity index (χ4n) is 2.80. The molecule has 0 bridgehead atoms. The summed E-state index contributed by atoms with van der Waals surface area (Å²) in [6, 6.07) is 0. The summed E-state index contributed by atoms with van der Waals surface area (Å²) in [4.78, 5) is 47.3. The van der Waals surface area contributed by atoms with E-state index in [2.05, 4.69) is 10.6 Å². The molecule has 11 heteroatoms. The van der Waals surface area contributed by atoms with Gasteiger partial charge in [0.2, 0.25) is 0 Å². The average molecular weight is 505 g/mol. The minimum Gasteiger partial charge on any atom is -0.466 e. The van der Waals surface area contributed by atoms with Crippen LogP contribution < -0.4 is 10.6 Å². The van der Waals surface area contributed by atoms with Crippen molar-refractivity contribution in [2.75, 3.05) is 60.6 Å². The lowest BCUT2D eigenvalue weighted by Crippen LogP contribution is -2.46. The number of nitrogens with zero attached hydrogens (tertiary/aromatic N) is 1. The van der Waals surface area contributed by atoms with Crippen molar-refractivity contribution in [1.82, 2.24) is 10.6 Å². The second kappa shape index (κ2) is 19.7. The molecule has 0 fully saturated rings. The van der Waals surface area contributed by atoms with Crippen molar-refractivity contribution in [2.45, 2.75) is 71.3 Å². The quantitative estimate of drug-likeness (QED) is 0.119. The van der Waals surface area contributed by atoms with Crippen molar-refractivity contribution in [2.24, 2.45) is 0 Å². The Balaban J connectivity index is 4.23. The van der Waals surface area contributed by atoms with Crippen LogP contribution >= 0.6 is 0 Å². The Hall–Kier alpha value is -2.56. The summed E-state index contributed by atoms with van der Waals surface area (Å²) in [5, 5.41) is 5.18. The van der Waals surface area contributed by atoms with Crippen molar-refractivity contribution < 1.29 is 42.6 Å². The SMILES string of the molecule is CCCCOC(=O)CCCNC(=O)OCC(C[N+](C)(C)C)OC(=O)NCCCC(=O)OCCCC. The van der Waals surface area contributed by atoms with E-state index in [-0.39, 0.29) is 44.5 Å². The van der Waals surface area contributed by atoms with Crippen LogP contribution in [0.1, 0.15) is 65.2 Å². The van der Waals surface area contributed by atoms with E-state index in [1.165, 1.54) is 0 Å². The summed E-state index contributed by atoms with van der Waals surface area (Å²) in [5.74, 6) is -0.575. The summed E-state index contributed by atoms with van der Waals surface area (Å²) >= 11 is 0. The first-order valence-corrected chi connectivity index (χ1v) is 12.5. The molecule has 1 atom stereocenters. The molecular weight excluding hydrogens is 458 g/mol. The van der Waals surface area contributed by atoms with E-state index in [0.717, 1.165) is 25.7 Å². The van der Waals surface area contributed by atoms with E-state index >= 15 is 0 Å². The number of carbonyl (C=O) groups excluding carboxylic acids is 4. The molecule has 0 aromatic rings. The average Bonchev–Trinajstić information content (AvgIpc) is 2.77. The Labute approximate surface area is 209 Å². The number of unbranched alkanes of at least 4 members (excludes halogenated alkanes) is 2. The Bertz CT molecular complexity index is 622. The lowest BCUT2D eigenvalue weighted by atomic mass is 10.3. The van der Waals surface area contributed by atoms with Crippen LogP contribution in [-0.2, 0) is 28.5 Å². The van der Waals surface area contributed by atoms with Crippen LogP contribution in [-0.4, -0.2) is 95.3 Å². The summed E-state index contributed by atoms with van der Waals surface area (Å²) in [5.41, 5.74) is 0. The molecule has 0 aromatic carbocycles. The van der Waals surface area contributed by atoms with Gasteiger partial charge in [-0.2, -0.15) is 0 Å². The number of likely N-dealkylation sites (N-methyl/N-ethyl adjacent to an activating group) is 1. The molecule has 204 valence electrons. The first kappa shape index (κ1) is 32.4. The molecule has 0 aliphatic heterocycles. The molecule has 11 nitrogen and oxygen atoms in total. The van der Waals surface area contributed by atoms with Gasteiger partial charge >= 0.3 is 24.1 Å². The number of ether oxygens (including phenoxy) is 4. The van der Waals surface area contributed by atoms with E-state index in [4.69, 9.17) is 18.9 Å². The third-order valence-electron chi connectivity index (χ3n) is 4.60. The highest BCUT2D eigenvalue weighted by molar-refractivity contribution is 5.70. The van der Waals surface area contributed by atoms with Gasteiger partial charge in [0.1, 0.15) is 13.2 Å². The largest absolute Gasteiger partial charge is 0.466 e. The summed E-state index contributed by atoms with van der Waals surface area (Å²) in [6.45, 7) is 5.70. The van der Waals surface area contributed by atoms with Crippen LogP contribution in [0.25, 0.3) is 0 Å². The number of quaternary nitrogens is 1. The second-order valence-electron chi connectivity index (χ2n) is 9.31. The van der Waals surface area contributed by atoms with Gasteiger partial charge < -0.3 is 34.1 Å². The number of carbonyl (C=O) groups is 4. The summed E-state index contributed by atoms with van der Waals surface area (Å²) in [7, 11) is 5.79. The number of hydrogen-bond donors (Lipinski definition) is 2. The molecule has 0 spiro atoms. The fourth-order valence-corrected chi connectivity index (χ4v) is 2.80. The number of esters is 2. The van der Waals surface area contributed by atoms with Crippen molar-refractivity contribution in [3.8, 4) is 0 Å². The van der Waals surface area contributed by atoms with E-state index in [0.29, 0.717) is 37.1 Å². The molecule has 0 rings (SSSR count). The zero-order chi connectivity index (χ0) is 26.5. The van der Waals surface area contributed by atoms with E-state index in [1.807, 2.05) is 35.0 Å². The standard InChI is InChI=1S/C24H45N3O8/c1-6-8-16-32-21(28)12-10-14-25-23(30)34-19-20(18-27(3,4)5)35-24(31)26-15-11-13-22(29)33-17-9-7-2/h20H,6-19H2,1-5H3,(H-,25,26,30,31)/p+1. The zero-order valence-electron chi connectivity index (χ0n) is 22.2. The number of alkyl carbamates (subject to hydrolysis) is 2. The molecule has 2 N–H and O–H groups in total. The van der Waals surface area contributed by atoms with Gasteiger partial charge in [0.15, 0.2) is 6.10 Å². The van der Waals surface area contributed by atoms with Crippen LogP contribution in [0.3, 0.4) is 0 Å². The number of rotatable bonds is 19. The molecule has 0 saturated heterocycles. The van der Waals surface area contributed by atoms with Gasteiger partial charge in [-0.3, -0.25) is 9.59 Å². The maximum Gasteiger partial charge on any atom is 0.407 e. The van der Waals surface area contributed by atoms with Crippen molar-refractivity contribution in [3.63, 3.8) is 0 Å². The molecule has 0 radical (unpaired) electrons. The Morgan fingerprint density at radius 2 is 1.20 bits per heavy atom. The van der Waals surface area contributed by atoms with Gasteiger partial charge in [-0.1, -0.05) is 26.7 Å². The van der Waals surface area contributed by atoms with Gasteiger partial charge in [0.05, 0.1) is 34.4 Å². The predicted octanol–water partition coefficient (Wildman–Crippen LogP) is 2.76. The Morgan fingerprint density at radius 3 is 1.66 bits per heavy atom. The first-order chi connectivity index (χ1) is 16.6. The maximum atomic E-state index is 12.2. The summed E-state index contributed by atoms with van der Waals surface area (Å²) in [6.07, 6.45) is 2.92. The number of nitrogens with one attached hydrogen (secondary N) is 2. The Morgan fingerprint density at radius 1 is 0.714 bits per heavy atom. The third-order valence-corrected chi connectivity index (χ3v) is 4.60. The highest BCUT2D eigenvalue weighted by Crippen LogP contribution is 2.03. The van der Waals surface area contributed by atoms with Gasteiger partial charge in [0, 0.05) is 25.9 Å². The molecule has 1 unspecified atom stereocenters. The highest BCUT2D eigenvalue weighted by atomic mass is 16.6. The maximum absolute atomic E-state index is 12.2. The lowest BCUT2D eigenvalue weighted by Gasteiger charge is -2.28. The molecular formula is C24H46N3O8+. The molecule has 0 heterocycles. The van der Waals surface area contributed by atoms with Crippen molar-refractivity contribution in [1.29, 1.82) is 0 Å². The van der Waals surface area contributed by atoms with Crippen LogP contribution in [0.2, 0.25) is 0 Å². The normalized spacial score (nSPS) is 11.8. The molecule has 2 amide bonds. The molecule has 0 aliphatic carbocycles. The number of amides is 2. The molecule has 0 aromatic heterocycles. The van der Waals surface area contributed by atoms with Crippen LogP contribution in [0.5, 0.6) is 0 Å². The van der Waals surface area contributed by atoms with E-state index in [9.17, 15) is 19.2 Å². The van der Waals surface area contributed by atoms with Crippen molar-refractivity contribution in [3.05, 3.63) is 0 Å². The summed E-state index contributed by atoms with van der Waals surface area (Å²) < 4.78 is 21.2. The van der Waals surface area contributed by atoms with E-state index < -0.39 is 18.3 Å². The van der Waals surface area contributed by atoms with Crippen LogP contribution in [0, 0.1) is 0 Å². The van der Waals surface area contributed by atoms with Gasteiger partial charge in [0.25, 0.3) is 0 Å². The third kappa shape index (κ3) is 21.7. The van der Waals surface area contributed by atoms with E-state index in [1.54, 1.807) is 0 Å². The minimum absolute atomic E-state index is 0.114. The molecule has 0 saturated carbocycles. The van der Waals surface area contributed by atoms with Gasteiger partial charge in [-0.05, 0) is 25.7 Å². The molecule has 35 heavy (non-hydrogen) atoms. The van der Waals surface area contributed by atoms with Gasteiger partial charge in [-0.15, -0.1) is 0 Å². The minimum atomic E-state index is -0.659. The fraction of sp³-hybridized carbons (Fsp3) is 0.833. The van der Waals surface area contributed by atoms with Crippen LogP contribution in [0.4, 0.5) is 9.59 Å². The van der Waals surface area contributed by atoms with Crippen molar-refractivity contribution >= 4 is 24.1 Å². The monoisotopic (exact) mass is 504 g/mol. The highest BCUT2D eigenvalue weighted by Gasteiger charge is 2.24. The number of hydrogen-bond acceptors (Lipinski definition) is 8. The van der Waals surface area contributed by atoms with Crippen LogP contribution in [0.15, 0.2) is 0 Å². The lowest BCUT2D eigenvalue weighted by molar-refractivity contribution is -0.873. The second-order valence-corrected chi connectivity index (χ2v) is 9.31. The van der Waals surface area contributed by atoms with Gasteiger partial charge in [-0.25, -0.2) is 9.59 Å². The molecule has 0 aliphatic rings. The smallest absolute Gasteiger partial charge is 0.407 e. The topological polar surface area (TPSA) is 129 Å².